The molecule has 0 bridgehead atoms. The number of hydrogen-bond acceptors (Lipinski definition) is 1. The highest BCUT2D eigenvalue weighted by Gasteiger charge is 2.08. The number of hydrogen-bond donors (Lipinski definition) is 0. The summed E-state index contributed by atoms with van der Waals surface area (Å²) in [7, 11) is 0. The topological polar surface area (TPSA) is 9.23 Å². The molecule has 0 aliphatic carbocycles. The quantitative estimate of drug-likeness (QED) is 0.581. The molecule has 0 spiro atoms. The molecule has 0 aromatic heterocycles. The first-order valence-corrected chi connectivity index (χ1v) is 6.89. The van der Waals surface area contributed by atoms with Crippen LogP contribution in [-0.2, 0) is 0 Å². The SMILES string of the molecule is Fc1ccc(Oc2ccccc2-c2ccccc2)cc1Cl. The van der Waals surface area contributed by atoms with Crippen molar-refractivity contribution in [2.75, 3.05) is 0 Å². The summed E-state index contributed by atoms with van der Waals surface area (Å²) in [5.41, 5.74) is 2.03. The van der Waals surface area contributed by atoms with E-state index in [0.717, 1.165) is 11.1 Å². The van der Waals surface area contributed by atoms with E-state index in [1.165, 1.54) is 12.1 Å². The fourth-order valence-electron chi connectivity index (χ4n) is 2.08. The lowest BCUT2D eigenvalue weighted by Gasteiger charge is -2.11. The fraction of sp³-hybridized carbons (Fsp3) is 0. The average Bonchev–Trinajstić information content (AvgIpc) is 2.52. The van der Waals surface area contributed by atoms with Gasteiger partial charge in [0.25, 0.3) is 0 Å². The third kappa shape index (κ3) is 3.06. The normalized spacial score (nSPS) is 10.4. The van der Waals surface area contributed by atoms with E-state index < -0.39 is 5.82 Å². The molecule has 0 saturated heterocycles. The molecule has 3 rings (SSSR count). The van der Waals surface area contributed by atoms with Crippen LogP contribution in [0.2, 0.25) is 5.02 Å². The van der Waals surface area contributed by atoms with Crippen molar-refractivity contribution in [1.82, 2.24) is 0 Å². The Morgan fingerprint density at radius 2 is 1.52 bits per heavy atom. The Balaban J connectivity index is 1.98. The molecule has 0 unspecified atom stereocenters. The van der Waals surface area contributed by atoms with E-state index in [1.54, 1.807) is 6.07 Å². The van der Waals surface area contributed by atoms with E-state index in [4.69, 9.17) is 16.3 Å². The molecule has 0 fully saturated rings. The van der Waals surface area contributed by atoms with Gasteiger partial charge in [-0.3, -0.25) is 0 Å². The number of rotatable bonds is 3. The van der Waals surface area contributed by atoms with Crippen molar-refractivity contribution in [2.24, 2.45) is 0 Å². The minimum absolute atomic E-state index is 0.0460. The summed E-state index contributed by atoms with van der Waals surface area (Å²) in [5, 5.41) is 0.0460. The van der Waals surface area contributed by atoms with Crippen LogP contribution in [0, 0.1) is 5.82 Å². The third-order valence-electron chi connectivity index (χ3n) is 3.09. The summed E-state index contributed by atoms with van der Waals surface area (Å²) in [4.78, 5) is 0. The standard InChI is InChI=1S/C18H12ClFO/c19-16-12-14(10-11-17(16)20)21-18-9-5-4-8-15(18)13-6-2-1-3-7-13/h1-12H. The van der Waals surface area contributed by atoms with Crippen molar-refractivity contribution in [3.05, 3.63) is 83.6 Å². The molecule has 0 N–H and O–H groups in total. The molecule has 0 aliphatic rings. The number of para-hydroxylation sites is 1. The smallest absolute Gasteiger partial charge is 0.142 e. The second-order valence-corrected chi connectivity index (χ2v) is 4.95. The predicted molar refractivity (Wildman–Crippen MR) is 83.4 cm³/mol. The predicted octanol–water partition coefficient (Wildman–Crippen LogP) is 5.94. The van der Waals surface area contributed by atoms with Gasteiger partial charge in [-0.15, -0.1) is 0 Å². The Morgan fingerprint density at radius 1 is 0.810 bits per heavy atom. The average molecular weight is 299 g/mol. The van der Waals surface area contributed by atoms with Gasteiger partial charge in [-0.1, -0.05) is 60.1 Å². The Labute approximate surface area is 127 Å². The minimum Gasteiger partial charge on any atom is -0.457 e. The monoisotopic (exact) mass is 298 g/mol. The van der Waals surface area contributed by atoms with Gasteiger partial charge >= 0.3 is 0 Å². The van der Waals surface area contributed by atoms with Gasteiger partial charge in [0.2, 0.25) is 0 Å². The summed E-state index contributed by atoms with van der Waals surface area (Å²) in [6.07, 6.45) is 0. The summed E-state index contributed by atoms with van der Waals surface area (Å²) < 4.78 is 19.0. The molecule has 3 aromatic carbocycles. The molecular formula is C18H12ClFO. The first-order valence-electron chi connectivity index (χ1n) is 6.51. The van der Waals surface area contributed by atoms with E-state index in [2.05, 4.69) is 0 Å². The molecule has 0 amide bonds. The van der Waals surface area contributed by atoms with Gasteiger partial charge in [0.1, 0.15) is 17.3 Å². The Morgan fingerprint density at radius 3 is 2.29 bits per heavy atom. The zero-order valence-electron chi connectivity index (χ0n) is 11.1. The fourth-order valence-corrected chi connectivity index (χ4v) is 2.25. The van der Waals surface area contributed by atoms with E-state index in [-0.39, 0.29) is 5.02 Å². The highest BCUT2D eigenvalue weighted by atomic mass is 35.5. The first-order chi connectivity index (χ1) is 10.2. The van der Waals surface area contributed by atoms with Crippen LogP contribution in [-0.4, -0.2) is 0 Å². The van der Waals surface area contributed by atoms with Gasteiger partial charge in [-0.2, -0.15) is 0 Å². The molecular weight excluding hydrogens is 287 g/mol. The van der Waals surface area contributed by atoms with Crippen LogP contribution in [0.1, 0.15) is 0 Å². The van der Waals surface area contributed by atoms with Crippen molar-refractivity contribution >= 4 is 11.6 Å². The molecule has 0 radical (unpaired) electrons. The summed E-state index contributed by atoms with van der Waals surface area (Å²) in [5.74, 6) is 0.747. The van der Waals surface area contributed by atoms with Crippen LogP contribution in [0.5, 0.6) is 11.5 Å². The van der Waals surface area contributed by atoms with Gasteiger partial charge in [0.05, 0.1) is 5.02 Å². The van der Waals surface area contributed by atoms with Crippen LogP contribution < -0.4 is 4.74 Å². The highest BCUT2D eigenvalue weighted by Crippen LogP contribution is 2.34. The van der Waals surface area contributed by atoms with Crippen molar-refractivity contribution in [1.29, 1.82) is 0 Å². The van der Waals surface area contributed by atoms with Gasteiger partial charge in [-0.05, 0) is 23.8 Å². The molecule has 3 aromatic rings. The maximum absolute atomic E-state index is 13.2. The largest absolute Gasteiger partial charge is 0.457 e. The molecule has 1 nitrogen and oxygen atoms in total. The van der Waals surface area contributed by atoms with Crippen molar-refractivity contribution in [3.63, 3.8) is 0 Å². The van der Waals surface area contributed by atoms with Gasteiger partial charge < -0.3 is 4.74 Å². The zero-order valence-corrected chi connectivity index (χ0v) is 11.8. The molecule has 3 heteroatoms. The van der Waals surface area contributed by atoms with Crippen molar-refractivity contribution in [2.45, 2.75) is 0 Å². The van der Waals surface area contributed by atoms with Crippen LogP contribution in [0.25, 0.3) is 11.1 Å². The molecule has 104 valence electrons. The summed E-state index contributed by atoms with van der Waals surface area (Å²) in [6, 6.07) is 22.0. The van der Waals surface area contributed by atoms with Gasteiger partial charge in [0, 0.05) is 11.6 Å². The van der Waals surface area contributed by atoms with Crippen LogP contribution in [0.15, 0.2) is 72.8 Å². The second-order valence-electron chi connectivity index (χ2n) is 4.54. The zero-order chi connectivity index (χ0) is 14.7. The minimum atomic E-state index is -0.458. The maximum Gasteiger partial charge on any atom is 0.142 e. The number of ether oxygens (including phenoxy) is 1. The van der Waals surface area contributed by atoms with E-state index in [0.29, 0.717) is 11.5 Å². The number of halogens is 2. The molecule has 0 heterocycles. The first kappa shape index (κ1) is 13.7. The van der Waals surface area contributed by atoms with Gasteiger partial charge in [-0.25, -0.2) is 4.39 Å². The highest BCUT2D eigenvalue weighted by molar-refractivity contribution is 6.30. The number of benzene rings is 3. The van der Waals surface area contributed by atoms with Crippen molar-refractivity contribution in [3.8, 4) is 22.6 Å². The Bertz CT molecular complexity index is 756. The van der Waals surface area contributed by atoms with Crippen molar-refractivity contribution < 1.29 is 9.13 Å². The third-order valence-corrected chi connectivity index (χ3v) is 3.38. The lowest BCUT2D eigenvalue weighted by atomic mass is 10.1. The molecule has 0 saturated carbocycles. The summed E-state index contributed by atoms with van der Waals surface area (Å²) in [6.45, 7) is 0. The Hall–Kier alpha value is -2.32. The van der Waals surface area contributed by atoms with Crippen LogP contribution >= 0.6 is 11.6 Å². The maximum atomic E-state index is 13.2. The summed E-state index contributed by atoms with van der Waals surface area (Å²) >= 11 is 5.78. The lowest BCUT2D eigenvalue weighted by molar-refractivity contribution is 0.482. The molecule has 21 heavy (non-hydrogen) atoms. The molecule has 0 atom stereocenters. The van der Waals surface area contributed by atoms with Gasteiger partial charge in [0.15, 0.2) is 0 Å². The second kappa shape index (κ2) is 5.98. The Kier molecular flexibility index (Phi) is 3.89. The van der Waals surface area contributed by atoms with Crippen LogP contribution in [0.4, 0.5) is 4.39 Å². The van der Waals surface area contributed by atoms with Crippen LogP contribution in [0.3, 0.4) is 0 Å². The molecule has 0 aliphatic heterocycles. The van der Waals surface area contributed by atoms with E-state index in [9.17, 15) is 4.39 Å². The van der Waals surface area contributed by atoms with E-state index in [1.807, 2.05) is 54.6 Å². The lowest BCUT2D eigenvalue weighted by Crippen LogP contribution is -1.89. The van der Waals surface area contributed by atoms with E-state index >= 15 is 0 Å².